The van der Waals surface area contributed by atoms with Gasteiger partial charge in [-0.25, -0.2) is 4.79 Å². The first-order valence-electron chi connectivity index (χ1n) is 8.34. The number of phenolic OH excluding ortho intramolecular Hbond substituents is 1. The molecule has 1 atom stereocenters. The van der Waals surface area contributed by atoms with E-state index in [1.54, 1.807) is 4.90 Å². The molecule has 140 valence electrons. The first-order chi connectivity index (χ1) is 12.4. The lowest BCUT2D eigenvalue weighted by Crippen LogP contribution is -2.35. The summed E-state index contributed by atoms with van der Waals surface area (Å²) >= 11 is 0. The van der Waals surface area contributed by atoms with Crippen molar-refractivity contribution in [2.24, 2.45) is 0 Å². The van der Waals surface area contributed by atoms with Gasteiger partial charge in [-0.2, -0.15) is 0 Å². The predicted molar refractivity (Wildman–Crippen MR) is 98.7 cm³/mol. The summed E-state index contributed by atoms with van der Waals surface area (Å²) in [5, 5.41) is 12.5. The molecule has 0 unspecified atom stereocenters. The number of anilines is 1. The summed E-state index contributed by atoms with van der Waals surface area (Å²) in [5.41, 5.74) is 1.34. The molecule has 2 N–H and O–H groups in total. The van der Waals surface area contributed by atoms with Crippen molar-refractivity contribution in [3.05, 3.63) is 42.5 Å². The number of nitrogens with zero attached hydrogens (tertiary/aromatic N) is 1. The van der Waals surface area contributed by atoms with E-state index in [9.17, 15) is 14.7 Å². The zero-order valence-electron chi connectivity index (χ0n) is 15.1. The number of carbonyl (C=O) groups excluding carboxylic acids is 2. The lowest BCUT2D eigenvalue weighted by Gasteiger charge is -2.25. The van der Waals surface area contributed by atoms with Crippen LogP contribution in [0.2, 0.25) is 0 Å². The zero-order valence-corrected chi connectivity index (χ0v) is 15.1. The Balaban J connectivity index is 2.37. The number of hydrogen-bond acceptors (Lipinski definition) is 5. The Labute approximate surface area is 152 Å². The van der Waals surface area contributed by atoms with E-state index in [2.05, 4.69) is 18.5 Å². The fourth-order valence-electron chi connectivity index (χ4n) is 2.93. The standard InChI is InChI=1S/C19H24N2O5/c1-5-7-26-19(24)20-15-10-16(22)17(25-4)9-14(15)18(23)21-11-12(3)8-13(21)6-2/h5,9-10,13,22H,1,3,6-8,11H2,2,4H3,(H,20,24)/t13-/m1/s1. The average molecular weight is 360 g/mol. The molecule has 0 aromatic heterocycles. The molecule has 1 saturated heterocycles. The molecule has 2 amide bonds. The van der Waals surface area contributed by atoms with Gasteiger partial charge in [0.1, 0.15) is 6.61 Å². The second kappa shape index (κ2) is 8.42. The third-order valence-corrected chi connectivity index (χ3v) is 4.21. The maximum Gasteiger partial charge on any atom is 0.411 e. The monoisotopic (exact) mass is 360 g/mol. The highest BCUT2D eigenvalue weighted by molar-refractivity contribution is 6.04. The Morgan fingerprint density at radius 1 is 1.46 bits per heavy atom. The van der Waals surface area contributed by atoms with Gasteiger partial charge in [-0.3, -0.25) is 10.1 Å². The van der Waals surface area contributed by atoms with Crippen LogP contribution in [0.5, 0.6) is 11.5 Å². The molecule has 7 nitrogen and oxygen atoms in total. The van der Waals surface area contributed by atoms with Crippen LogP contribution in [0, 0.1) is 0 Å². The highest BCUT2D eigenvalue weighted by Crippen LogP contribution is 2.35. The van der Waals surface area contributed by atoms with Crippen LogP contribution < -0.4 is 10.1 Å². The number of rotatable bonds is 6. The SMILES string of the molecule is C=CCOC(=O)Nc1cc(O)c(OC)cc1C(=O)N1CC(=C)C[C@H]1CC. The molecule has 1 aromatic rings. The van der Waals surface area contributed by atoms with Crippen LogP contribution in [-0.4, -0.2) is 48.3 Å². The van der Waals surface area contributed by atoms with Crippen LogP contribution in [0.3, 0.4) is 0 Å². The van der Waals surface area contributed by atoms with Crippen LogP contribution in [0.25, 0.3) is 0 Å². The molecule has 0 saturated carbocycles. The Morgan fingerprint density at radius 3 is 2.81 bits per heavy atom. The fraction of sp³-hybridized carbons (Fsp3) is 0.368. The van der Waals surface area contributed by atoms with Crippen molar-refractivity contribution in [2.75, 3.05) is 25.6 Å². The highest BCUT2D eigenvalue weighted by atomic mass is 16.5. The summed E-state index contributed by atoms with van der Waals surface area (Å²) in [6, 6.07) is 2.73. The number of phenols is 1. The van der Waals surface area contributed by atoms with Gasteiger partial charge in [0.05, 0.1) is 18.4 Å². The van der Waals surface area contributed by atoms with Crippen molar-refractivity contribution in [1.29, 1.82) is 0 Å². The Hall–Kier alpha value is -2.96. The first kappa shape index (κ1) is 19.4. The van der Waals surface area contributed by atoms with E-state index in [1.165, 1.54) is 25.3 Å². The molecule has 2 rings (SSSR count). The van der Waals surface area contributed by atoms with Crippen LogP contribution in [0.15, 0.2) is 36.9 Å². The lowest BCUT2D eigenvalue weighted by molar-refractivity contribution is 0.0737. The zero-order chi connectivity index (χ0) is 19.3. The topological polar surface area (TPSA) is 88.1 Å². The number of benzene rings is 1. The summed E-state index contributed by atoms with van der Waals surface area (Å²) in [5.74, 6) is -0.321. The van der Waals surface area contributed by atoms with Gasteiger partial charge in [0.2, 0.25) is 0 Å². The number of amides is 2. The largest absolute Gasteiger partial charge is 0.504 e. The minimum absolute atomic E-state index is 0.0289. The van der Waals surface area contributed by atoms with Crippen molar-refractivity contribution < 1.29 is 24.2 Å². The molecular weight excluding hydrogens is 336 g/mol. The molecule has 0 radical (unpaired) electrons. The molecular formula is C19H24N2O5. The molecule has 1 aliphatic heterocycles. The van der Waals surface area contributed by atoms with E-state index in [4.69, 9.17) is 9.47 Å². The van der Waals surface area contributed by atoms with Gasteiger partial charge in [0.15, 0.2) is 11.5 Å². The van der Waals surface area contributed by atoms with E-state index >= 15 is 0 Å². The van der Waals surface area contributed by atoms with Gasteiger partial charge in [-0.15, -0.1) is 0 Å². The molecule has 26 heavy (non-hydrogen) atoms. The maximum absolute atomic E-state index is 13.1. The summed E-state index contributed by atoms with van der Waals surface area (Å²) in [7, 11) is 1.39. The first-order valence-corrected chi connectivity index (χ1v) is 8.34. The average Bonchev–Trinajstić information content (AvgIpc) is 3.00. The second-order valence-corrected chi connectivity index (χ2v) is 6.03. The maximum atomic E-state index is 13.1. The number of aromatic hydroxyl groups is 1. The Bertz CT molecular complexity index is 729. The number of carbonyl (C=O) groups is 2. The third kappa shape index (κ3) is 4.17. The smallest absolute Gasteiger partial charge is 0.411 e. The minimum Gasteiger partial charge on any atom is -0.504 e. The number of nitrogens with one attached hydrogen (secondary N) is 1. The van der Waals surface area contributed by atoms with Gasteiger partial charge < -0.3 is 19.5 Å². The third-order valence-electron chi connectivity index (χ3n) is 4.21. The summed E-state index contributed by atoms with van der Waals surface area (Å²) in [4.78, 5) is 26.7. The second-order valence-electron chi connectivity index (χ2n) is 6.03. The van der Waals surface area contributed by atoms with Crippen LogP contribution in [0.1, 0.15) is 30.1 Å². The highest BCUT2D eigenvalue weighted by Gasteiger charge is 2.32. The van der Waals surface area contributed by atoms with E-state index in [1.807, 2.05) is 6.92 Å². The van der Waals surface area contributed by atoms with Crippen molar-refractivity contribution in [2.45, 2.75) is 25.8 Å². The Morgan fingerprint density at radius 2 is 2.19 bits per heavy atom. The van der Waals surface area contributed by atoms with Gasteiger partial charge in [-0.1, -0.05) is 31.7 Å². The molecule has 0 spiro atoms. The molecule has 1 heterocycles. The van der Waals surface area contributed by atoms with Crippen LogP contribution in [-0.2, 0) is 4.74 Å². The molecule has 1 fully saturated rings. The van der Waals surface area contributed by atoms with Gasteiger partial charge in [0.25, 0.3) is 5.91 Å². The predicted octanol–water partition coefficient (Wildman–Crippen LogP) is 3.32. The fourth-order valence-corrected chi connectivity index (χ4v) is 2.93. The van der Waals surface area contributed by atoms with E-state index in [0.29, 0.717) is 6.54 Å². The molecule has 1 aliphatic rings. The molecule has 1 aromatic carbocycles. The lowest BCUT2D eigenvalue weighted by atomic mass is 10.1. The van der Waals surface area contributed by atoms with Crippen molar-refractivity contribution in [3.8, 4) is 11.5 Å². The molecule has 0 bridgehead atoms. The van der Waals surface area contributed by atoms with Gasteiger partial charge >= 0.3 is 6.09 Å². The normalized spacial score (nSPS) is 16.3. The number of ether oxygens (including phenoxy) is 2. The van der Waals surface area contributed by atoms with Gasteiger partial charge in [-0.05, 0) is 18.9 Å². The van der Waals surface area contributed by atoms with E-state index in [-0.39, 0.29) is 41.3 Å². The number of methoxy groups -OCH3 is 1. The van der Waals surface area contributed by atoms with Crippen molar-refractivity contribution in [3.63, 3.8) is 0 Å². The molecule has 0 aliphatic carbocycles. The summed E-state index contributed by atoms with van der Waals surface area (Å²) in [6.45, 7) is 9.94. The van der Waals surface area contributed by atoms with Crippen LogP contribution in [0.4, 0.5) is 10.5 Å². The minimum atomic E-state index is -0.749. The quantitative estimate of drug-likeness (QED) is 0.760. The van der Waals surface area contributed by atoms with E-state index in [0.717, 1.165) is 18.4 Å². The number of hydrogen-bond donors (Lipinski definition) is 2. The van der Waals surface area contributed by atoms with Crippen molar-refractivity contribution in [1.82, 2.24) is 4.90 Å². The van der Waals surface area contributed by atoms with E-state index < -0.39 is 6.09 Å². The van der Waals surface area contributed by atoms with Crippen LogP contribution >= 0.6 is 0 Å². The summed E-state index contributed by atoms with van der Waals surface area (Å²) in [6.07, 6.45) is 2.23. The Kier molecular flexibility index (Phi) is 6.27. The van der Waals surface area contributed by atoms with Crippen molar-refractivity contribution >= 4 is 17.7 Å². The molecule has 7 heteroatoms. The number of likely N-dealkylation sites (tertiary alicyclic amines) is 1. The summed E-state index contributed by atoms with van der Waals surface area (Å²) < 4.78 is 9.99. The van der Waals surface area contributed by atoms with Gasteiger partial charge in [0, 0.05) is 18.7 Å².